The second-order valence-electron chi connectivity index (χ2n) is 3.52. The minimum Gasteiger partial charge on any atom is -0.316 e. The molecule has 0 saturated carbocycles. The Labute approximate surface area is 102 Å². The lowest BCUT2D eigenvalue weighted by Gasteiger charge is -2.16. The molecule has 16 heavy (non-hydrogen) atoms. The zero-order chi connectivity index (χ0) is 11.5. The molecular formula is C11H11BrN2O2. The number of nitrogens with zero attached hydrogens (tertiary/aromatic N) is 2. The van der Waals surface area contributed by atoms with Crippen molar-refractivity contribution in [1.29, 1.82) is 0 Å². The van der Waals surface area contributed by atoms with Crippen molar-refractivity contribution in [3.8, 4) is 0 Å². The Hall–Kier alpha value is -1.36. The standard InChI is InChI=1S/C11H11BrN2O2/c12-9-1-3-10(4-2-9)14-6-5-13(7-8-15)11(14)16/h1-4,8H,5-7H2. The van der Waals surface area contributed by atoms with E-state index in [2.05, 4.69) is 15.9 Å². The first-order chi connectivity index (χ1) is 7.72. The summed E-state index contributed by atoms with van der Waals surface area (Å²) in [6.45, 7) is 1.41. The van der Waals surface area contributed by atoms with Gasteiger partial charge in [-0.2, -0.15) is 0 Å². The van der Waals surface area contributed by atoms with E-state index in [1.165, 1.54) is 4.90 Å². The molecule has 1 saturated heterocycles. The van der Waals surface area contributed by atoms with Crippen molar-refractivity contribution in [3.05, 3.63) is 28.7 Å². The molecule has 2 rings (SSSR count). The Kier molecular flexibility index (Phi) is 3.24. The van der Waals surface area contributed by atoms with Crippen LogP contribution in [-0.4, -0.2) is 36.9 Å². The van der Waals surface area contributed by atoms with Gasteiger partial charge in [0.05, 0.1) is 6.54 Å². The minimum absolute atomic E-state index is 0.102. The fourth-order valence-corrected chi connectivity index (χ4v) is 1.97. The summed E-state index contributed by atoms with van der Waals surface area (Å²) in [6, 6.07) is 7.45. The van der Waals surface area contributed by atoms with Crippen molar-refractivity contribution in [2.75, 3.05) is 24.5 Å². The van der Waals surface area contributed by atoms with Crippen LogP contribution in [0.5, 0.6) is 0 Å². The van der Waals surface area contributed by atoms with Crippen molar-refractivity contribution >= 4 is 33.9 Å². The van der Waals surface area contributed by atoms with Crippen LogP contribution in [0, 0.1) is 0 Å². The van der Waals surface area contributed by atoms with Crippen molar-refractivity contribution < 1.29 is 9.59 Å². The molecule has 0 spiro atoms. The predicted molar refractivity (Wildman–Crippen MR) is 64.5 cm³/mol. The van der Waals surface area contributed by atoms with Gasteiger partial charge < -0.3 is 9.69 Å². The van der Waals surface area contributed by atoms with E-state index in [-0.39, 0.29) is 12.6 Å². The van der Waals surface area contributed by atoms with E-state index in [1.807, 2.05) is 24.3 Å². The molecular weight excluding hydrogens is 272 g/mol. The van der Waals surface area contributed by atoms with Crippen LogP contribution in [0.25, 0.3) is 0 Å². The first-order valence-corrected chi connectivity index (χ1v) is 5.77. The van der Waals surface area contributed by atoms with Gasteiger partial charge in [-0.3, -0.25) is 4.90 Å². The van der Waals surface area contributed by atoms with E-state index >= 15 is 0 Å². The number of anilines is 1. The Morgan fingerprint density at radius 2 is 1.94 bits per heavy atom. The van der Waals surface area contributed by atoms with Crippen molar-refractivity contribution in [2.45, 2.75) is 0 Å². The van der Waals surface area contributed by atoms with Crippen LogP contribution in [0.2, 0.25) is 0 Å². The largest absolute Gasteiger partial charge is 0.324 e. The molecule has 4 nitrogen and oxygen atoms in total. The van der Waals surface area contributed by atoms with Crippen LogP contribution in [0.1, 0.15) is 0 Å². The van der Waals surface area contributed by atoms with Crippen molar-refractivity contribution in [2.24, 2.45) is 0 Å². The average molecular weight is 283 g/mol. The Morgan fingerprint density at radius 1 is 1.25 bits per heavy atom. The van der Waals surface area contributed by atoms with Crippen LogP contribution in [0.15, 0.2) is 28.7 Å². The Balaban J connectivity index is 2.15. The molecule has 1 aromatic rings. The highest BCUT2D eigenvalue weighted by atomic mass is 79.9. The molecule has 0 radical (unpaired) electrons. The van der Waals surface area contributed by atoms with Gasteiger partial charge in [-0.05, 0) is 24.3 Å². The first-order valence-electron chi connectivity index (χ1n) is 4.98. The van der Waals surface area contributed by atoms with Crippen LogP contribution in [0.3, 0.4) is 0 Å². The molecule has 0 bridgehead atoms. The van der Waals surface area contributed by atoms with Crippen LogP contribution < -0.4 is 4.90 Å². The van der Waals surface area contributed by atoms with Gasteiger partial charge in [0.25, 0.3) is 0 Å². The maximum Gasteiger partial charge on any atom is 0.324 e. The average Bonchev–Trinajstić information content (AvgIpc) is 2.63. The number of hydrogen-bond acceptors (Lipinski definition) is 2. The quantitative estimate of drug-likeness (QED) is 0.795. The monoisotopic (exact) mass is 282 g/mol. The summed E-state index contributed by atoms with van der Waals surface area (Å²) >= 11 is 3.35. The number of halogens is 1. The summed E-state index contributed by atoms with van der Waals surface area (Å²) in [5, 5.41) is 0. The number of urea groups is 1. The summed E-state index contributed by atoms with van der Waals surface area (Å²) < 4.78 is 0.979. The second kappa shape index (κ2) is 4.65. The van der Waals surface area contributed by atoms with Gasteiger partial charge in [0.15, 0.2) is 0 Å². The van der Waals surface area contributed by atoms with E-state index in [1.54, 1.807) is 4.90 Å². The third kappa shape index (κ3) is 2.09. The minimum atomic E-state index is -0.102. The molecule has 0 N–H and O–H groups in total. The lowest BCUT2D eigenvalue weighted by molar-refractivity contribution is -0.108. The maximum atomic E-state index is 11.9. The normalized spacial score (nSPS) is 15.7. The molecule has 84 valence electrons. The van der Waals surface area contributed by atoms with Crippen LogP contribution in [-0.2, 0) is 4.79 Å². The topological polar surface area (TPSA) is 40.6 Å². The number of rotatable bonds is 3. The molecule has 0 aliphatic carbocycles. The number of benzene rings is 1. The Bertz CT molecular complexity index is 405. The lowest BCUT2D eigenvalue weighted by Crippen LogP contribution is -2.32. The van der Waals surface area contributed by atoms with Crippen LogP contribution >= 0.6 is 15.9 Å². The van der Waals surface area contributed by atoms with E-state index in [0.29, 0.717) is 13.1 Å². The van der Waals surface area contributed by atoms with Gasteiger partial charge in [-0.1, -0.05) is 15.9 Å². The summed E-state index contributed by atoms with van der Waals surface area (Å²) in [5.41, 5.74) is 0.863. The summed E-state index contributed by atoms with van der Waals surface area (Å²) in [7, 11) is 0. The molecule has 1 fully saturated rings. The van der Waals surface area contributed by atoms with Crippen molar-refractivity contribution in [3.63, 3.8) is 0 Å². The first kappa shape index (κ1) is 11.1. The highest BCUT2D eigenvalue weighted by Crippen LogP contribution is 2.22. The Morgan fingerprint density at radius 3 is 2.56 bits per heavy atom. The number of hydrogen-bond donors (Lipinski definition) is 0. The predicted octanol–water partition coefficient (Wildman–Crippen LogP) is 1.89. The maximum absolute atomic E-state index is 11.9. The van der Waals surface area contributed by atoms with Crippen LogP contribution in [0.4, 0.5) is 10.5 Å². The van der Waals surface area contributed by atoms with Gasteiger partial charge in [0, 0.05) is 23.2 Å². The third-order valence-electron chi connectivity index (χ3n) is 2.53. The van der Waals surface area contributed by atoms with E-state index in [0.717, 1.165) is 16.4 Å². The molecule has 0 atom stereocenters. The lowest BCUT2D eigenvalue weighted by atomic mass is 10.3. The molecule has 1 aliphatic rings. The van der Waals surface area contributed by atoms with E-state index in [4.69, 9.17) is 0 Å². The van der Waals surface area contributed by atoms with E-state index in [9.17, 15) is 9.59 Å². The highest BCUT2D eigenvalue weighted by Gasteiger charge is 2.28. The summed E-state index contributed by atoms with van der Waals surface area (Å²) in [6.07, 6.45) is 0.753. The number of amides is 2. The van der Waals surface area contributed by atoms with Crippen molar-refractivity contribution in [1.82, 2.24) is 4.90 Å². The fourth-order valence-electron chi connectivity index (χ4n) is 1.70. The number of carbonyl (C=O) groups is 2. The molecule has 2 amide bonds. The number of carbonyl (C=O) groups excluding carboxylic acids is 2. The third-order valence-corrected chi connectivity index (χ3v) is 3.06. The summed E-state index contributed by atoms with van der Waals surface area (Å²) in [4.78, 5) is 25.5. The molecule has 1 heterocycles. The molecule has 0 aromatic heterocycles. The SMILES string of the molecule is O=CCN1CCN(c2ccc(Br)cc2)C1=O. The van der Waals surface area contributed by atoms with Gasteiger partial charge in [0.1, 0.15) is 6.29 Å². The summed E-state index contributed by atoms with van der Waals surface area (Å²) in [5.74, 6) is 0. The van der Waals surface area contributed by atoms with Gasteiger partial charge >= 0.3 is 6.03 Å². The smallest absolute Gasteiger partial charge is 0.316 e. The van der Waals surface area contributed by atoms with Gasteiger partial charge in [-0.15, -0.1) is 0 Å². The molecule has 1 aliphatic heterocycles. The fraction of sp³-hybridized carbons (Fsp3) is 0.273. The second-order valence-corrected chi connectivity index (χ2v) is 4.44. The van der Waals surface area contributed by atoms with Gasteiger partial charge in [-0.25, -0.2) is 4.79 Å². The highest BCUT2D eigenvalue weighted by molar-refractivity contribution is 9.10. The molecule has 0 unspecified atom stereocenters. The zero-order valence-corrected chi connectivity index (χ0v) is 10.2. The zero-order valence-electron chi connectivity index (χ0n) is 8.60. The van der Waals surface area contributed by atoms with Gasteiger partial charge in [0.2, 0.25) is 0 Å². The molecule has 1 aromatic carbocycles. The molecule has 5 heteroatoms. The number of aldehydes is 1. The van der Waals surface area contributed by atoms with E-state index < -0.39 is 0 Å².